The van der Waals surface area contributed by atoms with E-state index in [4.69, 9.17) is 31.4 Å². The average Bonchev–Trinajstić information content (AvgIpc) is 3.43. The molecule has 0 radical (unpaired) electrons. The topological polar surface area (TPSA) is 85.6 Å². The molecular weight excluding hydrogens is 488 g/mol. The van der Waals surface area contributed by atoms with E-state index in [2.05, 4.69) is 4.90 Å². The molecule has 5 rings (SSSR count). The number of anilines is 1. The molecule has 2 aromatic heterocycles. The highest BCUT2D eigenvalue weighted by Crippen LogP contribution is 2.36. The van der Waals surface area contributed by atoms with Gasteiger partial charge in [0.1, 0.15) is 15.8 Å². The van der Waals surface area contributed by atoms with Gasteiger partial charge in [0.05, 0.1) is 23.7 Å². The Morgan fingerprint density at radius 3 is 2.74 bits per heavy atom. The second kappa shape index (κ2) is 10.4. The number of rotatable bonds is 7. The van der Waals surface area contributed by atoms with Gasteiger partial charge < -0.3 is 19.1 Å². The molecule has 0 aliphatic carbocycles. The number of aromatic nitrogens is 2. The first-order chi connectivity index (χ1) is 17.0. The van der Waals surface area contributed by atoms with E-state index in [0.717, 1.165) is 0 Å². The van der Waals surface area contributed by atoms with Gasteiger partial charge in [0, 0.05) is 51.9 Å². The Kier molecular flexibility index (Phi) is 7.21. The first-order valence-electron chi connectivity index (χ1n) is 11.9. The van der Waals surface area contributed by atoms with Crippen LogP contribution in [0, 0.1) is 0 Å². The van der Waals surface area contributed by atoms with Crippen molar-refractivity contribution >= 4 is 51.7 Å². The van der Waals surface area contributed by atoms with Gasteiger partial charge in [-0.25, -0.2) is 4.98 Å². The molecule has 0 saturated carbocycles. The van der Waals surface area contributed by atoms with E-state index >= 15 is 0 Å². The Labute approximate surface area is 213 Å². The molecule has 3 saturated heterocycles. The summed E-state index contributed by atoms with van der Waals surface area (Å²) < 4.78 is 19.1. The molecule has 186 valence electrons. The number of pyridine rings is 1. The summed E-state index contributed by atoms with van der Waals surface area (Å²) in [5.41, 5.74) is 0.718. The number of carbonyl (C=O) groups is 1. The number of fused-ring (bicyclic) bond motifs is 1. The predicted octanol–water partition coefficient (Wildman–Crippen LogP) is 2.67. The van der Waals surface area contributed by atoms with Crippen LogP contribution in [0.2, 0.25) is 0 Å². The van der Waals surface area contributed by atoms with Crippen LogP contribution in [0.4, 0.5) is 5.82 Å². The maximum absolute atomic E-state index is 13.6. The first-order valence-corrected chi connectivity index (χ1v) is 13.1. The zero-order valence-corrected chi connectivity index (χ0v) is 21.2. The third-order valence-electron chi connectivity index (χ3n) is 6.41. The molecule has 2 aromatic rings. The number of ether oxygens (including phenoxy) is 3. The molecule has 0 aromatic carbocycles. The molecule has 3 aliphatic heterocycles. The van der Waals surface area contributed by atoms with E-state index in [9.17, 15) is 9.59 Å². The van der Waals surface area contributed by atoms with Crippen LogP contribution in [-0.2, 0) is 19.0 Å². The summed E-state index contributed by atoms with van der Waals surface area (Å²) in [5.74, 6) is -0.159. The highest BCUT2D eigenvalue weighted by atomic mass is 32.2. The van der Waals surface area contributed by atoms with Crippen LogP contribution in [0.15, 0.2) is 34.1 Å². The number of nitrogens with zero attached hydrogens (tertiary/aromatic N) is 4. The molecule has 0 bridgehead atoms. The summed E-state index contributed by atoms with van der Waals surface area (Å²) in [6, 6.07) is 5.45. The number of thiocarbonyl (C=S) groups is 1. The Morgan fingerprint density at radius 1 is 1.23 bits per heavy atom. The zero-order chi connectivity index (χ0) is 24.4. The van der Waals surface area contributed by atoms with Gasteiger partial charge in [0.15, 0.2) is 5.79 Å². The van der Waals surface area contributed by atoms with Gasteiger partial charge in [-0.05, 0) is 31.6 Å². The number of hydrogen-bond donors (Lipinski definition) is 0. The molecule has 3 aliphatic rings. The van der Waals surface area contributed by atoms with Crippen molar-refractivity contribution in [1.82, 2.24) is 14.3 Å². The average molecular weight is 517 g/mol. The standard InChI is InChI=1S/C24H28N4O5S2/c1-2-31-13-5-10-28-22(30)18(35-23(28)34)16-17-20(25-19-6-3-4-9-27(19)21(17)29)26-11-7-24(8-12-26)32-14-15-33-24/h3-4,6,9,16H,2,5,7-8,10-15H2,1H3. The maximum atomic E-state index is 13.6. The monoisotopic (exact) mass is 516 g/mol. The van der Waals surface area contributed by atoms with E-state index in [1.54, 1.807) is 29.3 Å². The zero-order valence-electron chi connectivity index (χ0n) is 19.6. The van der Waals surface area contributed by atoms with Crippen LogP contribution in [0.25, 0.3) is 11.7 Å². The maximum Gasteiger partial charge on any atom is 0.267 e. The van der Waals surface area contributed by atoms with E-state index in [-0.39, 0.29) is 11.5 Å². The number of thioether (sulfide) groups is 1. The molecule has 9 nitrogen and oxygen atoms in total. The Bertz CT molecular complexity index is 1210. The highest BCUT2D eigenvalue weighted by Gasteiger charge is 2.41. The smallest absolute Gasteiger partial charge is 0.267 e. The van der Waals surface area contributed by atoms with Gasteiger partial charge in [-0.2, -0.15) is 0 Å². The van der Waals surface area contributed by atoms with Gasteiger partial charge in [-0.3, -0.25) is 18.9 Å². The molecule has 1 spiro atoms. The summed E-state index contributed by atoms with van der Waals surface area (Å²) >= 11 is 6.68. The molecule has 1 amide bonds. The number of piperidine rings is 1. The van der Waals surface area contributed by atoms with Crippen molar-refractivity contribution in [3.63, 3.8) is 0 Å². The van der Waals surface area contributed by atoms with Crippen LogP contribution < -0.4 is 10.5 Å². The van der Waals surface area contributed by atoms with Gasteiger partial charge in [0.2, 0.25) is 0 Å². The summed E-state index contributed by atoms with van der Waals surface area (Å²) in [4.78, 5) is 35.6. The number of carbonyl (C=O) groups excluding carboxylic acids is 1. The van der Waals surface area contributed by atoms with Crippen LogP contribution in [-0.4, -0.2) is 76.4 Å². The second-order valence-corrected chi connectivity index (χ2v) is 10.2. The van der Waals surface area contributed by atoms with Crippen LogP contribution in [0.3, 0.4) is 0 Å². The third-order valence-corrected chi connectivity index (χ3v) is 7.79. The van der Waals surface area contributed by atoms with E-state index < -0.39 is 5.79 Å². The van der Waals surface area contributed by atoms with Crippen molar-refractivity contribution in [2.45, 2.75) is 32.0 Å². The van der Waals surface area contributed by atoms with Crippen molar-refractivity contribution < 1.29 is 19.0 Å². The fraction of sp³-hybridized carbons (Fsp3) is 0.500. The Morgan fingerprint density at radius 2 is 2.00 bits per heavy atom. The lowest BCUT2D eigenvalue weighted by Gasteiger charge is -2.38. The first kappa shape index (κ1) is 24.4. The molecule has 5 heterocycles. The van der Waals surface area contributed by atoms with Gasteiger partial charge in [-0.1, -0.05) is 30.0 Å². The van der Waals surface area contributed by atoms with Crippen LogP contribution in [0.1, 0.15) is 31.7 Å². The van der Waals surface area contributed by atoms with Crippen molar-refractivity contribution in [1.29, 1.82) is 0 Å². The van der Waals surface area contributed by atoms with Crippen molar-refractivity contribution in [2.24, 2.45) is 0 Å². The molecule has 0 atom stereocenters. The predicted molar refractivity (Wildman–Crippen MR) is 139 cm³/mol. The molecule has 0 N–H and O–H groups in total. The Balaban J connectivity index is 1.47. The fourth-order valence-electron chi connectivity index (χ4n) is 4.60. The number of amides is 1. The van der Waals surface area contributed by atoms with Gasteiger partial charge in [0.25, 0.3) is 11.5 Å². The lowest BCUT2D eigenvalue weighted by Crippen LogP contribution is -2.46. The molecule has 0 unspecified atom stereocenters. The molecule has 35 heavy (non-hydrogen) atoms. The molecular formula is C24H28N4O5S2. The summed E-state index contributed by atoms with van der Waals surface area (Å²) in [6.45, 7) is 6.10. The summed E-state index contributed by atoms with van der Waals surface area (Å²) in [5, 5.41) is 0. The van der Waals surface area contributed by atoms with Crippen molar-refractivity contribution in [2.75, 3.05) is 51.0 Å². The normalized spacial score (nSPS) is 21.2. The fourth-order valence-corrected chi connectivity index (χ4v) is 5.89. The summed E-state index contributed by atoms with van der Waals surface area (Å²) in [7, 11) is 0. The SMILES string of the molecule is CCOCCCN1C(=O)C(=Cc2c(N3CCC4(CC3)OCCO4)nc3ccccn3c2=O)SC1=S. The lowest BCUT2D eigenvalue weighted by atomic mass is 10.0. The van der Waals surface area contributed by atoms with Gasteiger partial charge in [-0.15, -0.1) is 0 Å². The lowest BCUT2D eigenvalue weighted by molar-refractivity contribution is -0.169. The van der Waals surface area contributed by atoms with E-state index in [1.807, 2.05) is 13.0 Å². The largest absolute Gasteiger partial charge is 0.382 e. The van der Waals surface area contributed by atoms with E-state index in [0.29, 0.717) is 91.6 Å². The Hall–Kier alpha value is -2.31. The van der Waals surface area contributed by atoms with Crippen molar-refractivity contribution in [3.05, 3.63) is 45.2 Å². The minimum Gasteiger partial charge on any atom is -0.382 e. The minimum atomic E-state index is -0.535. The molecule has 11 heteroatoms. The number of hydrogen-bond acceptors (Lipinski definition) is 9. The van der Waals surface area contributed by atoms with Crippen LogP contribution in [0.5, 0.6) is 0 Å². The quantitative estimate of drug-likeness (QED) is 0.313. The van der Waals surface area contributed by atoms with E-state index in [1.165, 1.54) is 16.2 Å². The van der Waals surface area contributed by atoms with Gasteiger partial charge >= 0.3 is 0 Å². The minimum absolute atomic E-state index is 0.189. The van der Waals surface area contributed by atoms with Crippen LogP contribution >= 0.6 is 24.0 Å². The second-order valence-electron chi connectivity index (χ2n) is 8.56. The summed E-state index contributed by atoms with van der Waals surface area (Å²) in [6.07, 6.45) is 5.40. The highest BCUT2D eigenvalue weighted by molar-refractivity contribution is 8.26. The molecule has 3 fully saturated rings. The third kappa shape index (κ3) is 4.88. The van der Waals surface area contributed by atoms with Crippen molar-refractivity contribution in [3.8, 4) is 0 Å².